The predicted octanol–water partition coefficient (Wildman–Crippen LogP) is 5.89. The number of hydrogen-bond donors (Lipinski definition) is 1. The molecular formula is C27H36ClN3O2. The third kappa shape index (κ3) is 3.62. The number of anilines is 1. The van der Waals surface area contributed by atoms with E-state index in [0.717, 1.165) is 48.5 Å². The Balaban J connectivity index is 1.35. The molecule has 1 N–H and O–H groups in total. The molecule has 2 saturated carbocycles. The van der Waals surface area contributed by atoms with Gasteiger partial charge in [-0.2, -0.15) is 0 Å². The minimum Gasteiger partial charge on any atom is -0.318 e. The normalized spacial score (nSPS) is 38.0. The van der Waals surface area contributed by atoms with Gasteiger partial charge in [-0.15, -0.1) is 0 Å². The average molecular weight is 470 g/mol. The van der Waals surface area contributed by atoms with E-state index in [1.165, 1.54) is 6.42 Å². The summed E-state index contributed by atoms with van der Waals surface area (Å²) in [4.78, 5) is 31.6. The van der Waals surface area contributed by atoms with Gasteiger partial charge in [-0.05, 0) is 86.7 Å². The zero-order valence-corrected chi connectivity index (χ0v) is 21.0. The lowest BCUT2D eigenvalue weighted by atomic mass is 9.49. The van der Waals surface area contributed by atoms with E-state index < -0.39 is 0 Å². The molecule has 0 aromatic carbocycles. The molecule has 2 amide bonds. The Kier molecular flexibility index (Phi) is 5.63. The van der Waals surface area contributed by atoms with E-state index in [1.807, 2.05) is 37.1 Å². The van der Waals surface area contributed by atoms with Crippen LogP contribution in [0.15, 0.2) is 28.9 Å². The number of halogens is 1. The van der Waals surface area contributed by atoms with E-state index in [-0.39, 0.29) is 22.6 Å². The number of aryl methyl sites for hydroxylation is 1. The summed E-state index contributed by atoms with van der Waals surface area (Å²) >= 11 is 6.93. The first-order chi connectivity index (χ1) is 15.6. The molecule has 1 saturated heterocycles. The third-order valence-corrected chi connectivity index (χ3v) is 10.2. The molecule has 3 fully saturated rings. The second kappa shape index (κ2) is 8.11. The van der Waals surface area contributed by atoms with Crippen LogP contribution in [-0.4, -0.2) is 28.7 Å². The number of carbonyl (C=O) groups excluding carboxylic acids is 2. The van der Waals surface area contributed by atoms with Gasteiger partial charge < -0.3 is 10.2 Å². The van der Waals surface area contributed by atoms with E-state index in [2.05, 4.69) is 24.1 Å². The molecular weight excluding hydrogens is 434 g/mol. The number of nitrogens with zero attached hydrogens (tertiary/aromatic N) is 2. The number of hydrogen-bond acceptors (Lipinski definition) is 3. The number of piperidine rings is 1. The summed E-state index contributed by atoms with van der Waals surface area (Å²) < 4.78 is 0. The number of likely N-dealkylation sites (tertiary alicyclic amines) is 1. The highest BCUT2D eigenvalue weighted by atomic mass is 35.5. The van der Waals surface area contributed by atoms with Gasteiger partial charge in [0.15, 0.2) is 0 Å². The van der Waals surface area contributed by atoms with Crippen LogP contribution in [0.4, 0.5) is 5.82 Å². The monoisotopic (exact) mass is 469 g/mol. The summed E-state index contributed by atoms with van der Waals surface area (Å²) in [6.45, 7) is 6.71. The summed E-state index contributed by atoms with van der Waals surface area (Å²) in [5, 5.41) is 3.92. The maximum Gasteiger partial charge on any atom is 0.226 e. The molecule has 1 aliphatic heterocycles. The van der Waals surface area contributed by atoms with Crippen LogP contribution in [0.3, 0.4) is 0 Å². The van der Waals surface area contributed by atoms with Crippen LogP contribution in [0.5, 0.6) is 0 Å². The molecule has 33 heavy (non-hydrogen) atoms. The van der Waals surface area contributed by atoms with E-state index >= 15 is 0 Å². The lowest BCUT2D eigenvalue weighted by Crippen LogP contribution is -2.54. The van der Waals surface area contributed by atoms with Crippen molar-refractivity contribution in [2.75, 3.05) is 12.4 Å². The maximum atomic E-state index is 12.9. The molecule has 1 aromatic heterocycles. The molecule has 6 atom stereocenters. The number of nitrogens with one attached hydrogen (secondary N) is 1. The van der Waals surface area contributed by atoms with Crippen molar-refractivity contribution in [1.82, 2.24) is 9.88 Å². The van der Waals surface area contributed by atoms with Crippen LogP contribution in [0.2, 0.25) is 0 Å². The summed E-state index contributed by atoms with van der Waals surface area (Å²) in [6.07, 6.45) is 7.53. The van der Waals surface area contributed by atoms with Crippen molar-refractivity contribution >= 4 is 29.2 Å². The van der Waals surface area contributed by atoms with Gasteiger partial charge in [0, 0.05) is 41.7 Å². The van der Waals surface area contributed by atoms with Crippen LogP contribution in [0.25, 0.3) is 0 Å². The van der Waals surface area contributed by atoms with E-state index in [1.54, 1.807) is 0 Å². The van der Waals surface area contributed by atoms with Gasteiger partial charge in [0.25, 0.3) is 0 Å². The van der Waals surface area contributed by atoms with Gasteiger partial charge in [0.2, 0.25) is 11.8 Å². The van der Waals surface area contributed by atoms with Crippen molar-refractivity contribution in [3.8, 4) is 0 Å². The summed E-state index contributed by atoms with van der Waals surface area (Å²) in [6, 6.07) is 5.72. The first kappa shape index (κ1) is 22.9. The smallest absolute Gasteiger partial charge is 0.226 e. The molecule has 6 heteroatoms. The maximum absolute atomic E-state index is 12.9. The van der Waals surface area contributed by atoms with Crippen LogP contribution < -0.4 is 5.32 Å². The number of amides is 2. The second-order valence-electron chi connectivity index (χ2n) is 11.4. The largest absolute Gasteiger partial charge is 0.318 e. The van der Waals surface area contributed by atoms with Crippen molar-refractivity contribution in [2.24, 2.45) is 34.5 Å². The Morgan fingerprint density at radius 2 is 2.00 bits per heavy atom. The Morgan fingerprint density at radius 1 is 1.21 bits per heavy atom. The zero-order chi connectivity index (χ0) is 23.5. The molecule has 0 bridgehead atoms. The van der Waals surface area contributed by atoms with Gasteiger partial charge >= 0.3 is 0 Å². The SMILES string of the molecule is Cc1cccc(NC(=O)C[C@H]2CC[C@H]3C4CC(Cl)=C5N(C)C(=O)CC[C@]5(C)C4CC[C@]23C)n1. The van der Waals surface area contributed by atoms with Crippen molar-refractivity contribution in [3.05, 3.63) is 34.6 Å². The number of allylic oxidation sites excluding steroid dienone is 2. The van der Waals surface area contributed by atoms with E-state index in [4.69, 9.17) is 11.6 Å². The topological polar surface area (TPSA) is 62.3 Å². The Labute approximate surface area is 202 Å². The van der Waals surface area contributed by atoms with Crippen LogP contribution in [-0.2, 0) is 9.59 Å². The number of pyridine rings is 1. The summed E-state index contributed by atoms with van der Waals surface area (Å²) in [7, 11) is 1.90. The van der Waals surface area contributed by atoms with Gasteiger partial charge in [-0.25, -0.2) is 4.98 Å². The quantitative estimate of drug-likeness (QED) is 0.600. The van der Waals surface area contributed by atoms with Crippen LogP contribution in [0.1, 0.15) is 70.9 Å². The van der Waals surface area contributed by atoms with E-state index in [9.17, 15) is 9.59 Å². The van der Waals surface area contributed by atoms with Crippen molar-refractivity contribution < 1.29 is 9.59 Å². The number of rotatable bonds is 3. The number of fused-ring (bicyclic) bond motifs is 5. The summed E-state index contributed by atoms with van der Waals surface area (Å²) in [5.74, 6) is 2.98. The first-order valence-electron chi connectivity index (χ1n) is 12.5. The predicted molar refractivity (Wildman–Crippen MR) is 130 cm³/mol. The highest BCUT2D eigenvalue weighted by Crippen LogP contribution is 2.67. The second-order valence-corrected chi connectivity index (χ2v) is 11.9. The van der Waals surface area contributed by atoms with Crippen molar-refractivity contribution in [2.45, 2.75) is 72.1 Å². The standard InChI is InChI=1S/C27H36ClN3O2/c1-16-6-5-7-22(29-16)30-23(32)14-17-8-9-19-18-15-21(28)25-27(3,13-11-24(33)31(25)4)20(18)10-12-26(17,19)2/h5-7,17-20H,8-15H2,1-4H3,(H,29,30,32)/t17-,18?,19+,20?,26-,27-/m1/s1. The van der Waals surface area contributed by atoms with Gasteiger partial charge in [0.1, 0.15) is 5.82 Å². The fraction of sp³-hybridized carbons (Fsp3) is 0.667. The molecule has 3 aliphatic carbocycles. The molecule has 5 rings (SSSR count). The minimum atomic E-state index is -0.0176. The molecule has 4 aliphatic rings. The molecule has 0 radical (unpaired) electrons. The lowest BCUT2D eigenvalue weighted by Gasteiger charge is -2.59. The van der Waals surface area contributed by atoms with Gasteiger partial charge in [-0.1, -0.05) is 31.5 Å². The van der Waals surface area contributed by atoms with Crippen LogP contribution in [0, 0.1) is 41.4 Å². The fourth-order valence-electron chi connectivity index (χ4n) is 8.15. The minimum absolute atomic E-state index is 0.0176. The zero-order valence-electron chi connectivity index (χ0n) is 20.3. The lowest BCUT2D eigenvalue weighted by molar-refractivity contribution is -0.136. The number of carbonyl (C=O) groups is 2. The number of aromatic nitrogens is 1. The molecule has 2 heterocycles. The molecule has 5 nitrogen and oxygen atoms in total. The summed E-state index contributed by atoms with van der Waals surface area (Å²) in [5.41, 5.74) is 2.14. The highest BCUT2D eigenvalue weighted by molar-refractivity contribution is 6.30. The average Bonchev–Trinajstić information content (AvgIpc) is 3.07. The third-order valence-electron chi connectivity index (χ3n) is 9.82. The Morgan fingerprint density at radius 3 is 2.76 bits per heavy atom. The Bertz CT molecular complexity index is 1020. The fourth-order valence-corrected chi connectivity index (χ4v) is 8.68. The van der Waals surface area contributed by atoms with Gasteiger partial charge in [-0.3, -0.25) is 9.59 Å². The first-order valence-corrected chi connectivity index (χ1v) is 12.9. The van der Waals surface area contributed by atoms with E-state index in [0.29, 0.717) is 42.3 Å². The van der Waals surface area contributed by atoms with Crippen molar-refractivity contribution in [1.29, 1.82) is 0 Å². The molecule has 2 unspecified atom stereocenters. The van der Waals surface area contributed by atoms with Gasteiger partial charge in [0.05, 0.1) is 0 Å². The van der Waals surface area contributed by atoms with Crippen molar-refractivity contribution in [3.63, 3.8) is 0 Å². The van der Waals surface area contributed by atoms with Crippen LogP contribution >= 0.6 is 11.6 Å². The molecule has 178 valence electrons. The highest BCUT2D eigenvalue weighted by Gasteiger charge is 2.60. The molecule has 1 aromatic rings. The Hall–Kier alpha value is -1.88. The molecule has 0 spiro atoms.